The van der Waals surface area contributed by atoms with Crippen LogP contribution in [0.4, 0.5) is 13.2 Å². The van der Waals surface area contributed by atoms with Crippen molar-refractivity contribution in [3.63, 3.8) is 0 Å². The Kier molecular flexibility index (Phi) is 6.67. The molecule has 1 atom stereocenters. The van der Waals surface area contributed by atoms with Gasteiger partial charge in [0.05, 0.1) is 24.2 Å². The number of carbonyl (C=O) groups is 1. The summed E-state index contributed by atoms with van der Waals surface area (Å²) in [6.07, 6.45) is 0.138. The van der Waals surface area contributed by atoms with Crippen LogP contribution < -0.4 is 5.32 Å². The predicted molar refractivity (Wildman–Crippen MR) is 100 cm³/mol. The molecule has 150 valence electrons. The lowest BCUT2D eigenvalue weighted by molar-refractivity contribution is -0.137. The van der Waals surface area contributed by atoms with Crippen LogP contribution in [-0.2, 0) is 23.9 Å². The van der Waals surface area contributed by atoms with Crippen molar-refractivity contribution in [2.45, 2.75) is 44.4 Å². The number of halogens is 3. The van der Waals surface area contributed by atoms with Gasteiger partial charge in [0, 0.05) is 12.2 Å². The molecule has 0 saturated carbocycles. The van der Waals surface area contributed by atoms with Crippen molar-refractivity contribution in [2.24, 2.45) is 0 Å². The molecule has 1 aromatic heterocycles. The number of benzene rings is 1. The molecule has 0 bridgehead atoms. The van der Waals surface area contributed by atoms with Crippen LogP contribution >= 0.6 is 0 Å². The maximum absolute atomic E-state index is 13.1. The molecule has 1 N–H and O–H groups in total. The topological polar surface area (TPSA) is 45.2 Å². The number of nitrogens with zero attached hydrogens (tertiary/aromatic N) is 2. The minimum atomic E-state index is -4.37. The molecule has 1 aliphatic rings. The fourth-order valence-electron chi connectivity index (χ4n) is 3.49. The fraction of sp³-hybridized carbons (Fsp3) is 0.429. The second kappa shape index (κ2) is 9.19. The Morgan fingerprint density at radius 3 is 2.57 bits per heavy atom. The molecule has 1 unspecified atom stereocenters. The first-order chi connectivity index (χ1) is 13.4. The quantitative estimate of drug-likeness (QED) is 0.843. The summed E-state index contributed by atoms with van der Waals surface area (Å²) in [6, 6.07) is 10.5. The van der Waals surface area contributed by atoms with Crippen molar-refractivity contribution in [3.05, 3.63) is 65.5 Å². The molecule has 0 aliphatic carbocycles. The lowest BCUT2D eigenvalue weighted by Gasteiger charge is -2.31. The molecule has 0 spiro atoms. The van der Waals surface area contributed by atoms with Gasteiger partial charge >= 0.3 is 6.18 Å². The van der Waals surface area contributed by atoms with E-state index in [-0.39, 0.29) is 18.4 Å². The summed E-state index contributed by atoms with van der Waals surface area (Å²) >= 11 is 0. The van der Waals surface area contributed by atoms with Crippen LogP contribution in [0.5, 0.6) is 0 Å². The van der Waals surface area contributed by atoms with Crippen molar-refractivity contribution in [3.8, 4) is 0 Å². The van der Waals surface area contributed by atoms with Crippen LogP contribution in [0.3, 0.4) is 0 Å². The van der Waals surface area contributed by atoms with Crippen molar-refractivity contribution < 1.29 is 18.0 Å². The highest BCUT2D eigenvalue weighted by molar-refractivity contribution is 5.79. The van der Waals surface area contributed by atoms with Gasteiger partial charge in [0.1, 0.15) is 0 Å². The number of nitrogens with one attached hydrogen (secondary N) is 1. The van der Waals surface area contributed by atoms with E-state index in [9.17, 15) is 18.0 Å². The Labute approximate surface area is 162 Å². The molecule has 1 aromatic carbocycles. The average molecular weight is 391 g/mol. The van der Waals surface area contributed by atoms with Crippen LogP contribution in [0.25, 0.3) is 0 Å². The molecule has 3 rings (SSSR count). The van der Waals surface area contributed by atoms with E-state index in [1.54, 1.807) is 6.20 Å². The Balaban J connectivity index is 1.75. The van der Waals surface area contributed by atoms with E-state index in [1.165, 1.54) is 12.1 Å². The Hall–Kier alpha value is -2.41. The molecule has 28 heavy (non-hydrogen) atoms. The molecule has 7 heteroatoms. The van der Waals surface area contributed by atoms with E-state index >= 15 is 0 Å². The molecule has 1 fully saturated rings. The minimum absolute atomic E-state index is 0.0783. The second-order valence-electron chi connectivity index (χ2n) is 7.05. The highest BCUT2D eigenvalue weighted by Gasteiger charge is 2.30. The average Bonchev–Trinajstić information content (AvgIpc) is 2.96. The van der Waals surface area contributed by atoms with E-state index in [1.807, 2.05) is 23.1 Å². The summed E-state index contributed by atoms with van der Waals surface area (Å²) in [5, 5.41) is 3.34. The lowest BCUT2D eigenvalue weighted by atomic mass is 10.0. The van der Waals surface area contributed by atoms with Crippen LogP contribution in [-0.4, -0.2) is 34.9 Å². The third-order valence-corrected chi connectivity index (χ3v) is 5.00. The summed E-state index contributed by atoms with van der Waals surface area (Å²) in [5.74, 6) is -0.0858. The van der Waals surface area contributed by atoms with Gasteiger partial charge in [-0.05, 0) is 62.2 Å². The van der Waals surface area contributed by atoms with Gasteiger partial charge in [-0.15, -0.1) is 0 Å². The minimum Gasteiger partial charge on any atom is -0.333 e. The maximum atomic E-state index is 13.1. The summed E-state index contributed by atoms with van der Waals surface area (Å²) in [4.78, 5) is 19.2. The zero-order chi connectivity index (χ0) is 20.0. The van der Waals surface area contributed by atoms with Crippen LogP contribution in [0.1, 0.15) is 36.1 Å². The van der Waals surface area contributed by atoms with E-state index in [2.05, 4.69) is 10.3 Å². The lowest BCUT2D eigenvalue weighted by Crippen LogP contribution is -2.41. The summed E-state index contributed by atoms with van der Waals surface area (Å²) in [5.41, 5.74) is 0.681. The molecule has 2 aromatic rings. The third kappa shape index (κ3) is 5.55. The van der Waals surface area contributed by atoms with E-state index in [0.29, 0.717) is 12.1 Å². The zero-order valence-corrected chi connectivity index (χ0v) is 15.6. The normalized spacial score (nSPS) is 17.8. The number of hydrogen-bond donors (Lipinski definition) is 1. The Morgan fingerprint density at radius 1 is 1.11 bits per heavy atom. The fourth-order valence-corrected chi connectivity index (χ4v) is 3.49. The first-order valence-corrected chi connectivity index (χ1v) is 9.50. The van der Waals surface area contributed by atoms with Crippen LogP contribution in [0, 0.1) is 0 Å². The first-order valence-electron chi connectivity index (χ1n) is 9.50. The van der Waals surface area contributed by atoms with Gasteiger partial charge in [-0.2, -0.15) is 13.2 Å². The number of aromatic nitrogens is 1. The molecule has 0 radical (unpaired) electrons. The monoisotopic (exact) mass is 391 g/mol. The number of rotatable bonds is 5. The van der Waals surface area contributed by atoms with Crippen molar-refractivity contribution in [2.75, 3.05) is 13.1 Å². The number of hydrogen-bond acceptors (Lipinski definition) is 3. The maximum Gasteiger partial charge on any atom is 0.416 e. The van der Waals surface area contributed by atoms with Crippen molar-refractivity contribution in [1.82, 2.24) is 15.2 Å². The largest absolute Gasteiger partial charge is 0.416 e. The number of alkyl halides is 3. The van der Waals surface area contributed by atoms with Crippen LogP contribution in [0.15, 0.2) is 48.7 Å². The molecular weight excluding hydrogens is 367 g/mol. The Morgan fingerprint density at radius 2 is 1.89 bits per heavy atom. The molecular formula is C21H24F3N3O. The smallest absolute Gasteiger partial charge is 0.333 e. The summed E-state index contributed by atoms with van der Waals surface area (Å²) in [6.45, 7) is 2.18. The SMILES string of the molecule is O=C(Cc1ccc(C(F)(F)F)cc1)N(Cc1ccccn1)C1CCCNCC1. The summed E-state index contributed by atoms with van der Waals surface area (Å²) in [7, 11) is 0. The summed E-state index contributed by atoms with van der Waals surface area (Å²) < 4.78 is 38.2. The number of carbonyl (C=O) groups excluding carboxylic acids is 1. The van der Waals surface area contributed by atoms with E-state index in [0.717, 1.165) is 50.2 Å². The highest BCUT2D eigenvalue weighted by Crippen LogP contribution is 2.29. The van der Waals surface area contributed by atoms with Gasteiger partial charge in [-0.3, -0.25) is 9.78 Å². The number of amides is 1. The van der Waals surface area contributed by atoms with Gasteiger partial charge in [-0.1, -0.05) is 18.2 Å². The van der Waals surface area contributed by atoms with Gasteiger partial charge in [0.15, 0.2) is 0 Å². The third-order valence-electron chi connectivity index (χ3n) is 5.00. The Bertz CT molecular complexity index is 755. The standard InChI is InChI=1S/C21H24F3N3O/c22-21(23,24)17-8-6-16(7-9-17)14-20(28)27(15-18-4-1-2-12-26-18)19-5-3-11-25-13-10-19/h1-2,4,6-9,12,19,25H,3,5,10-11,13-15H2. The molecule has 1 saturated heterocycles. The van der Waals surface area contributed by atoms with Crippen LogP contribution in [0.2, 0.25) is 0 Å². The second-order valence-corrected chi connectivity index (χ2v) is 7.05. The zero-order valence-electron chi connectivity index (χ0n) is 15.6. The van der Waals surface area contributed by atoms with E-state index < -0.39 is 11.7 Å². The number of pyridine rings is 1. The van der Waals surface area contributed by atoms with Crippen molar-refractivity contribution in [1.29, 1.82) is 0 Å². The van der Waals surface area contributed by atoms with Crippen molar-refractivity contribution >= 4 is 5.91 Å². The molecule has 1 amide bonds. The molecule has 2 heterocycles. The van der Waals surface area contributed by atoms with Gasteiger partial charge in [-0.25, -0.2) is 0 Å². The van der Waals surface area contributed by atoms with Gasteiger partial charge in [0.2, 0.25) is 5.91 Å². The predicted octanol–water partition coefficient (Wildman–Crippen LogP) is 3.81. The molecule has 1 aliphatic heterocycles. The highest BCUT2D eigenvalue weighted by atomic mass is 19.4. The molecule has 4 nitrogen and oxygen atoms in total. The first kappa shape index (κ1) is 20.3. The van der Waals surface area contributed by atoms with Gasteiger partial charge < -0.3 is 10.2 Å². The van der Waals surface area contributed by atoms with E-state index in [4.69, 9.17) is 0 Å². The van der Waals surface area contributed by atoms with Gasteiger partial charge in [0.25, 0.3) is 0 Å².